The third-order valence-electron chi connectivity index (χ3n) is 0.1000. The van der Waals surface area contributed by atoms with Gasteiger partial charge in [-0.2, -0.15) is 15.6 Å². The second-order valence-electron chi connectivity index (χ2n) is 1.34. The smallest absolute Gasteiger partial charge is 0.822 e. The predicted octanol–water partition coefficient (Wildman–Crippen LogP) is -6.69. The molecule has 15 heteroatoms. The maximum atomic E-state index is 8.55. The summed E-state index contributed by atoms with van der Waals surface area (Å²) in [6.45, 7) is -0.250. The predicted molar refractivity (Wildman–Crippen MR) is 29.4 cm³/mol. The molecule has 0 aromatic rings. The molecule has 0 aromatic heterocycles. The van der Waals surface area contributed by atoms with Gasteiger partial charge in [0.15, 0.2) is 0 Å². The first-order chi connectivity index (χ1) is 5.91. The van der Waals surface area contributed by atoms with Crippen LogP contribution in [0.3, 0.4) is 0 Å². The fraction of sp³-hybridized carbons (Fsp3) is 1.00. The van der Waals surface area contributed by atoms with Gasteiger partial charge in [-0.15, -0.1) is 0 Å². The zero-order valence-corrected chi connectivity index (χ0v) is 19.3. The molecule has 0 fully saturated rings. The molecule has 0 spiro atoms. The van der Waals surface area contributed by atoms with Gasteiger partial charge in [0.1, 0.15) is 0 Å². The van der Waals surface area contributed by atoms with Gasteiger partial charge in [0.2, 0.25) is 0 Å². The summed E-state index contributed by atoms with van der Waals surface area (Å²) < 4.78 is 17.1. The number of hydrogen-bond donors (Lipinski definition) is 2. The molecule has 0 aromatic carbocycles. The zero-order valence-electron chi connectivity index (χ0n) is 8.59. The first-order valence-corrected chi connectivity index (χ1v) is 5.51. The number of phosphoric acid groups is 2. The van der Waals surface area contributed by atoms with Crippen LogP contribution < -0.4 is 29.4 Å². The van der Waals surface area contributed by atoms with Crippen molar-refractivity contribution in [1.82, 2.24) is 0 Å². The third-order valence-corrected chi connectivity index (χ3v) is 0.1000. The molecule has 0 saturated heterocycles. The quantitative estimate of drug-likeness (QED) is 0.286. The van der Waals surface area contributed by atoms with Crippen LogP contribution in [0.5, 0.6) is 0 Å². The summed E-state index contributed by atoms with van der Waals surface area (Å²) in [4.78, 5) is 51.3. The van der Waals surface area contributed by atoms with E-state index in [0.29, 0.717) is 0 Å². The number of aliphatic hydroxyl groups is 2. The van der Waals surface area contributed by atoms with Crippen molar-refractivity contribution in [2.24, 2.45) is 0 Å². The molecule has 0 aliphatic carbocycles. The van der Waals surface area contributed by atoms with Crippen molar-refractivity contribution in [3.63, 3.8) is 0 Å². The standard InChI is InChI=1S/C2H6O2.2H3O4P.3Zn/c3-1-2-4;2*1-5(2,3)4;;;/h3-4H,1-2H2;2*(H3,1,2,3,4);;;/q;;;3*+2/p-6. The van der Waals surface area contributed by atoms with Crippen molar-refractivity contribution in [3.8, 4) is 0 Å². The number of aliphatic hydroxyl groups excluding tert-OH is 2. The first kappa shape index (κ1) is 36.4. The Balaban J connectivity index is -0.0000000247. The van der Waals surface area contributed by atoms with E-state index in [1.54, 1.807) is 0 Å². The van der Waals surface area contributed by atoms with Gasteiger partial charge >= 0.3 is 58.4 Å². The van der Waals surface area contributed by atoms with Gasteiger partial charge in [-0.05, 0) is 0 Å². The molecule has 0 atom stereocenters. The average molecular weight is 448 g/mol. The molecule has 17 heavy (non-hydrogen) atoms. The van der Waals surface area contributed by atoms with Gasteiger partial charge in [0.25, 0.3) is 0 Å². The van der Waals surface area contributed by atoms with Crippen LogP contribution in [0.1, 0.15) is 0 Å². The number of hydrogen-bond acceptors (Lipinski definition) is 10. The maximum absolute atomic E-state index is 8.55. The van der Waals surface area contributed by atoms with Crippen LogP contribution in [-0.2, 0) is 67.6 Å². The van der Waals surface area contributed by atoms with Crippen LogP contribution in [0.25, 0.3) is 0 Å². The number of rotatable bonds is 1. The minimum Gasteiger partial charge on any atom is -0.822 e. The van der Waals surface area contributed by atoms with Gasteiger partial charge in [-0.1, -0.05) is 0 Å². The first-order valence-electron chi connectivity index (χ1n) is 2.59. The van der Waals surface area contributed by atoms with Crippen LogP contribution >= 0.6 is 15.6 Å². The second-order valence-corrected chi connectivity index (χ2v) is 3.13. The molecule has 0 saturated carbocycles. The van der Waals surface area contributed by atoms with Crippen molar-refractivity contribution >= 4 is 15.6 Å². The minimum atomic E-state index is -5.39. The largest absolute Gasteiger partial charge is 2.00 e. The van der Waals surface area contributed by atoms with Gasteiger partial charge in [0, 0.05) is 0 Å². The van der Waals surface area contributed by atoms with E-state index in [4.69, 9.17) is 48.7 Å². The summed E-state index contributed by atoms with van der Waals surface area (Å²) in [5.41, 5.74) is 0. The van der Waals surface area contributed by atoms with Gasteiger partial charge in [-0.3, -0.25) is 0 Å². The minimum absolute atomic E-state index is 0. The summed E-state index contributed by atoms with van der Waals surface area (Å²) in [6.07, 6.45) is 0. The summed E-state index contributed by atoms with van der Waals surface area (Å²) in [5.74, 6) is 0. The molecule has 0 aliphatic rings. The van der Waals surface area contributed by atoms with E-state index in [2.05, 4.69) is 0 Å². The van der Waals surface area contributed by atoms with Crippen molar-refractivity contribution in [3.05, 3.63) is 0 Å². The molecule has 0 radical (unpaired) electrons. The molecular formula is C2H6O10P2Zn3. The Morgan fingerprint density at radius 3 is 0.706 bits per heavy atom. The van der Waals surface area contributed by atoms with Gasteiger partial charge in [0.05, 0.1) is 13.2 Å². The topological polar surface area (TPSA) is 213 Å². The van der Waals surface area contributed by atoms with Crippen LogP contribution in [0, 0.1) is 0 Å². The van der Waals surface area contributed by atoms with Crippen molar-refractivity contribution in [2.75, 3.05) is 13.2 Å². The molecular weight excluding hydrogens is 442 g/mol. The fourth-order valence-corrected chi connectivity index (χ4v) is 0. The van der Waals surface area contributed by atoms with Crippen molar-refractivity contribution < 1.29 is 107 Å². The van der Waals surface area contributed by atoms with E-state index in [-0.39, 0.29) is 71.6 Å². The Labute approximate surface area is 135 Å². The summed E-state index contributed by atoms with van der Waals surface area (Å²) >= 11 is 0. The van der Waals surface area contributed by atoms with Crippen LogP contribution in [0.4, 0.5) is 0 Å². The average Bonchev–Trinajstić information content (AvgIpc) is 1.79. The molecule has 0 rings (SSSR count). The van der Waals surface area contributed by atoms with Gasteiger partial charge in [-0.25, -0.2) is 0 Å². The van der Waals surface area contributed by atoms with E-state index in [0.717, 1.165) is 0 Å². The second kappa shape index (κ2) is 20.3. The third kappa shape index (κ3) is 509. The van der Waals surface area contributed by atoms with E-state index in [1.807, 2.05) is 0 Å². The molecule has 0 aliphatic heterocycles. The Morgan fingerprint density at radius 2 is 0.706 bits per heavy atom. The zero-order chi connectivity index (χ0) is 12.4. The van der Waals surface area contributed by atoms with Crippen LogP contribution in [0.2, 0.25) is 0 Å². The maximum Gasteiger partial charge on any atom is 2.00 e. The van der Waals surface area contributed by atoms with E-state index < -0.39 is 15.6 Å². The Bertz CT molecular complexity index is 161. The van der Waals surface area contributed by atoms with Crippen LogP contribution in [0.15, 0.2) is 0 Å². The van der Waals surface area contributed by atoms with Gasteiger partial charge < -0.3 is 48.7 Å². The summed E-state index contributed by atoms with van der Waals surface area (Å²) in [7, 11) is -10.8. The van der Waals surface area contributed by atoms with Crippen molar-refractivity contribution in [1.29, 1.82) is 0 Å². The molecule has 0 amide bonds. The fourth-order valence-electron chi connectivity index (χ4n) is 0. The SMILES string of the molecule is O=P([O-])([O-])[O-].O=P([O-])([O-])[O-].OCCO.[Zn+2].[Zn+2].[Zn+2]. The monoisotopic (exact) mass is 444 g/mol. The van der Waals surface area contributed by atoms with Crippen molar-refractivity contribution in [2.45, 2.75) is 0 Å². The van der Waals surface area contributed by atoms with E-state index in [1.165, 1.54) is 0 Å². The normalized spacial score (nSPS) is 8.71. The Morgan fingerprint density at radius 1 is 0.647 bits per heavy atom. The summed E-state index contributed by atoms with van der Waals surface area (Å²) in [5, 5.41) is 15.2. The molecule has 0 unspecified atom stereocenters. The molecule has 10 nitrogen and oxygen atoms in total. The molecule has 0 bridgehead atoms. The summed E-state index contributed by atoms with van der Waals surface area (Å²) in [6, 6.07) is 0. The molecule has 2 N–H and O–H groups in total. The molecule has 0 heterocycles. The molecule has 90 valence electrons. The Kier molecular flexibility index (Phi) is 43.6. The van der Waals surface area contributed by atoms with Crippen LogP contribution in [-0.4, -0.2) is 23.4 Å². The Hall–Kier alpha value is 2.01. The van der Waals surface area contributed by atoms with E-state index in [9.17, 15) is 0 Å². The van der Waals surface area contributed by atoms with E-state index >= 15 is 0 Å².